The van der Waals surface area contributed by atoms with Crippen LogP contribution in [0.1, 0.15) is 29.8 Å². The van der Waals surface area contributed by atoms with Gasteiger partial charge in [-0.15, -0.1) is 0 Å². The number of furan rings is 1. The number of carbonyl (C=O) groups is 1. The Hall–Kier alpha value is -1.33. The standard InChI is InChI=1S/C15H16BrNO3/c16-11-5-4-10-7-14(20-13(10)8-11)15(19)17-6-2-1-3-12(17)9-18/h4-5,7-8,12,18H,1-3,6,9H2. The summed E-state index contributed by atoms with van der Waals surface area (Å²) in [6.45, 7) is 0.697. The first-order chi connectivity index (χ1) is 9.69. The molecule has 1 atom stereocenters. The van der Waals surface area contributed by atoms with E-state index in [1.165, 1.54) is 0 Å². The summed E-state index contributed by atoms with van der Waals surface area (Å²) in [5, 5.41) is 10.3. The number of hydrogen-bond acceptors (Lipinski definition) is 3. The molecular formula is C15H16BrNO3. The molecule has 3 rings (SSSR count). The first kappa shape index (κ1) is 13.6. The van der Waals surface area contributed by atoms with Gasteiger partial charge in [-0.05, 0) is 43.5 Å². The number of likely N-dealkylation sites (tertiary alicyclic amines) is 1. The minimum Gasteiger partial charge on any atom is -0.451 e. The molecule has 20 heavy (non-hydrogen) atoms. The van der Waals surface area contributed by atoms with Gasteiger partial charge in [0.05, 0.1) is 12.6 Å². The van der Waals surface area contributed by atoms with Crippen molar-refractivity contribution in [2.45, 2.75) is 25.3 Å². The SMILES string of the molecule is O=C(c1cc2ccc(Br)cc2o1)N1CCCCC1CO. The van der Waals surface area contributed by atoms with Gasteiger partial charge in [0, 0.05) is 16.4 Å². The lowest BCUT2D eigenvalue weighted by Crippen LogP contribution is -2.45. The van der Waals surface area contributed by atoms with Crippen LogP contribution < -0.4 is 0 Å². The first-order valence-electron chi connectivity index (χ1n) is 6.80. The molecule has 1 amide bonds. The van der Waals surface area contributed by atoms with Crippen molar-refractivity contribution in [1.29, 1.82) is 0 Å². The van der Waals surface area contributed by atoms with E-state index in [2.05, 4.69) is 15.9 Å². The van der Waals surface area contributed by atoms with Crippen LogP contribution in [0, 0.1) is 0 Å². The molecule has 0 radical (unpaired) electrons. The normalized spacial score (nSPS) is 19.5. The highest BCUT2D eigenvalue weighted by Gasteiger charge is 2.28. The van der Waals surface area contributed by atoms with Crippen molar-refractivity contribution >= 4 is 32.8 Å². The molecule has 1 aliphatic rings. The molecule has 0 bridgehead atoms. The molecule has 0 aliphatic carbocycles. The van der Waals surface area contributed by atoms with Crippen molar-refractivity contribution in [2.75, 3.05) is 13.2 Å². The lowest BCUT2D eigenvalue weighted by molar-refractivity contribution is 0.0475. The molecule has 1 aromatic carbocycles. The van der Waals surface area contributed by atoms with Gasteiger partial charge in [0.25, 0.3) is 5.91 Å². The predicted octanol–water partition coefficient (Wildman–Crippen LogP) is 3.18. The number of nitrogens with zero attached hydrogens (tertiary/aromatic N) is 1. The molecule has 4 nitrogen and oxygen atoms in total. The van der Waals surface area contributed by atoms with Crippen LogP contribution in [-0.2, 0) is 0 Å². The third kappa shape index (κ3) is 2.47. The van der Waals surface area contributed by atoms with Crippen molar-refractivity contribution in [1.82, 2.24) is 4.90 Å². The van der Waals surface area contributed by atoms with E-state index in [-0.39, 0.29) is 18.6 Å². The zero-order valence-corrected chi connectivity index (χ0v) is 12.6. The third-order valence-electron chi connectivity index (χ3n) is 3.79. The topological polar surface area (TPSA) is 53.7 Å². The summed E-state index contributed by atoms with van der Waals surface area (Å²) < 4.78 is 6.57. The van der Waals surface area contributed by atoms with Crippen LogP contribution in [0.15, 0.2) is 33.2 Å². The number of aliphatic hydroxyl groups excluding tert-OH is 1. The Kier molecular flexibility index (Phi) is 3.81. The van der Waals surface area contributed by atoms with Crippen LogP contribution in [0.4, 0.5) is 0 Å². The highest BCUT2D eigenvalue weighted by atomic mass is 79.9. The smallest absolute Gasteiger partial charge is 0.289 e. The van der Waals surface area contributed by atoms with E-state index >= 15 is 0 Å². The monoisotopic (exact) mass is 337 g/mol. The second-order valence-corrected chi connectivity index (χ2v) is 6.04. The van der Waals surface area contributed by atoms with E-state index in [0.29, 0.717) is 17.9 Å². The zero-order valence-electron chi connectivity index (χ0n) is 11.0. The number of carbonyl (C=O) groups excluding carboxylic acids is 1. The summed E-state index contributed by atoms with van der Waals surface area (Å²) in [5.74, 6) is 0.217. The second kappa shape index (κ2) is 5.58. The number of fused-ring (bicyclic) bond motifs is 1. The molecule has 1 unspecified atom stereocenters. The van der Waals surface area contributed by atoms with Crippen molar-refractivity contribution in [3.05, 3.63) is 34.5 Å². The molecule has 2 aromatic rings. The van der Waals surface area contributed by atoms with Crippen molar-refractivity contribution < 1.29 is 14.3 Å². The first-order valence-corrected chi connectivity index (χ1v) is 7.59. The molecule has 1 aromatic heterocycles. The van der Waals surface area contributed by atoms with Gasteiger partial charge in [-0.1, -0.05) is 15.9 Å². The number of rotatable bonds is 2. The van der Waals surface area contributed by atoms with Crippen LogP contribution >= 0.6 is 15.9 Å². The van der Waals surface area contributed by atoms with Gasteiger partial charge in [-0.25, -0.2) is 0 Å². The lowest BCUT2D eigenvalue weighted by atomic mass is 10.0. The highest BCUT2D eigenvalue weighted by molar-refractivity contribution is 9.10. The van der Waals surface area contributed by atoms with Gasteiger partial charge >= 0.3 is 0 Å². The van der Waals surface area contributed by atoms with Gasteiger partial charge in [0.15, 0.2) is 5.76 Å². The maximum Gasteiger partial charge on any atom is 0.289 e. The summed E-state index contributed by atoms with van der Waals surface area (Å²) in [7, 11) is 0. The van der Waals surface area contributed by atoms with Gasteiger partial charge < -0.3 is 14.4 Å². The van der Waals surface area contributed by atoms with Crippen LogP contribution in [0.2, 0.25) is 0 Å². The lowest BCUT2D eigenvalue weighted by Gasteiger charge is -2.33. The summed E-state index contributed by atoms with van der Waals surface area (Å²) in [5.41, 5.74) is 0.695. The van der Waals surface area contributed by atoms with Gasteiger partial charge in [0.2, 0.25) is 0 Å². The molecule has 1 fully saturated rings. The van der Waals surface area contributed by atoms with E-state index in [4.69, 9.17) is 4.42 Å². The summed E-state index contributed by atoms with van der Waals surface area (Å²) in [6, 6.07) is 7.37. The van der Waals surface area contributed by atoms with Crippen molar-refractivity contribution in [3.63, 3.8) is 0 Å². The van der Waals surface area contributed by atoms with E-state index in [9.17, 15) is 9.90 Å². The minimum atomic E-state index is -0.129. The molecule has 0 saturated carbocycles. The second-order valence-electron chi connectivity index (χ2n) is 5.12. The summed E-state index contributed by atoms with van der Waals surface area (Å²) in [4.78, 5) is 14.3. The van der Waals surface area contributed by atoms with Gasteiger partial charge in [-0.2, -0.15) is 0 Å². The molecular weight excluding hydrogens is 322 g/mol. The molecule has 0 spiro atoms. The Morgan fingerprint density at radius 2 is 2.25 bits per heavy atom. The minimum absolute atomic E-state index is 0.0114. The number of aliphatic hydroxyl groups is 1. The van der Waals surface area contributed by atoms with Crippen LogP contribution in [0.25, 0.3) is 11.0 Å². The quantitative estimate of drug-likeness (QED) is 0.915. The van der Waals surface area contributed by atoms with E-state index < -0.39 is 0 Å². The molecule has 2 heterocycles. The summed E-state index contributed by atoms with van der Waals surface area (Å²) in [6.07, 6.45) is 2.89. The number of amides is 1. The number of piperidine rings is 1. The van der Waals surface area contributed by atoms with Crippen molar-refractivity contribution in [2.24, 2.45) is 0 Å². The number of hydrogen-bond donors (Lipinski definition) is 1. The molecule has 1 N–H and O–H groups in total. The summed E-state index contributed by atoms with van der Waals surface area (Å²) >= 11 is 3.39. The predicted molar refractivity (Wildman–Crippen MR) is 79.7 cm³/mol. The fourth-order valence-corrected chi connectivity index (χ4v) is 3.05. The van der Waals surface area contributed by atoms with Crippen molar-refractivity contribution in [3.8, 4) is 0 Å². The van der Waals surface area contributed by atoms with Crippen LogP contribution in [0.5, 0.6) is 0 Å². The maximum absolute atomic E-state index is 12.5. The zero-order chi connectivity index (χ0) is 14.1. The Morgan fingerprint density at radius 1 is 1.40 bits per heavy atom. The average molecular weight is 338 g/mol. The molecule has 1 saturated heterocycles. The largest absolute Gasteiger partial charge is 0.451 e. The molecule has 5 heteroatoms. The Balaban J connectivity index is 1.91. The third-order valence-corrected chi connectivity index (χ3v) is 4.28. The maximum atomic E-state index is 12.5. The molecule has 106 valence electrons. The Labute approximate surface area is 125 Å². The van der Waals surface area contributed by atoms with Gasteiger partial charge in [-0.3, -0.25) is 4.79 Å². The molecule has 1 aliphatic heterocycles. The van der Waals surface area contributed by atoms with Crippen LogP contribution in [0.3, 0.4) is 0 Å². The van der Waals surface area contributed by atoms with E-state index in [0.717, 1.165) is 29.1 Å². The Morgan fingerprint density at radius 3 is 3.05 bits per heavy atom. The fourth-order valence-electron chi connectivity index (χ4n) is 2.71. The number of halogens is 1. The van der Waals surface area contributed by atoms with Crippen LogP contribution in [-0.4, -0.2) is 35.1 Å². The van der Waals surface area contributed by atoms with E-state index in [1.54, 1.807) is 11.0 Å². The van der Waals surface area contributed by atoms with Gasteiger partial charge in [0.1, 0.15) is 5.58 Å². The van der Waals surface area contributed by atoms with E-state index in [1.807, 2.05) is 18.2 Å². The average Bonchev–Trinajstić information content (AvgIpc) is 2.89. The number of benzene rings is 1. The highest BCUT2D eigenvalue weighted by Crippen LogP contribution is 2.26. The fraction of sp³-hybridized carbons (Fsp3) is 0.400. The Bertz CT molecular complexity index is 637.